The Labute approximate surface area is 120 Å². The number of alkyl halides is 3. The summed E-state index contributed by atoms with van der Waals surface area (Å²) in [6, 6.07) is -0.822. The average molecular weight is 362 g/mol. The van der Waals surface area contributed by atoms with Crippen LogP contribution in [0.2, 0.25) is 5.15 Å². The molecule has 1 aliphatic carbocycles. The third-order valence-electron chi connectivity index (χ3n) is 2.79. The van der Waals surface area contributed by atoms with Crippen LogP contribution in [0.5, 0.6) is 0 Å². The van der Waals surface area contributed by atoms with Crippen molar-refractivity contribution in [3.05, 3.63) is 15.6 Å². The van der Waals surface area contributed by atoms with Crippen molar-refractivity contribution in [2.24, 2.45) is 5.92 Å². The summed E-state index contributed by atoms with van der Waals surface area (Å²) in [5.74, 6) is -2.21. The van der Waals surface area contributed by atoms with Crippen molar-refractivity contribution in [3.8, 4) is 0 Å². The number of hydrogen-bond acceptors (Lipinski definition) is 3. The Morgan fingerprint density at radius 3 is 2.74 bits per heavy atom. The van der Waals surface area contributed by atoms with Gasteiger partial charge in [-0.05, 0) is 29.3 Å². The van der Waals surface area contributed by atoms with E-state index in [1.807, 2.05) is 0 Å². The summed E-state index contributed by atoms with van der Waals surface area (Å²) >= 11 is 8.93. The van der Waals surface area contributed by atoms with E-state index in [1.165, 1.54) is 4.57 Å². The summed E-state index contributed by atoms with van der Waals surface area (Å²) < 4.78 is 43.6. The number of aromatic nitrogens is 2. The molecule has 0 saturated heterocycles. The average Bonchev–Trinajstić information content (AvgIpc) is 3.01. The fraction of sp³-hybridized carbons (Fsp3) is 0.600. The van der Waals surface area contributed by atoms with Crippen molar-refractivity contribution >= 4 is 33.5 Å². The van der Waals surface area contributed by atoms with Crippen LogP contribution in [0.25, 0.3) is 0 Å². The molecule has 0 bridgehead atoms. The highest BCUT2D eigenvalue weighted by Crippen LogP contribution is 2.55. The number of halogens is 5. The number of rotatable bonds is 3. The van der Waals surface area contributed by atoms with Gasteiger partial charge in [-0.1, -0.05) is 11.6 Å². The molecular weight excluding hydrogens is 352 g/mol. The van der Waals surface area contributed by atoms with E-state index >= 15 is 0 Å². The number of nitrogens with zero attached hydrogens (tertiary/aromatic N) is 2. The first-order valence-electron chi connectivity index (χ1n) is 5.44. The minimum absolute atomic E-state index is 0.0690. The van der Waals surface area contributed by atoms with Gasteiger partial charge in [0, 0.05) is 6.04 Å². The minimum atomic E-state index is -4.28. The Morgan fingerprint density at radius 1 is 1.63 bits per heavy atom. The summed E-state index contributed by atoms with van der Waals surface area (Å²) in [4.78, 5) is 15.3. The Bertz CT molecular complexity index is 518. The molecule has 2 rings (SSSR count). The van der Waals surface area contributed by atoms with Gasteiger partial charge in [-0.25, -0.2) is 9.78 Å². The molecule has 0 radical (unpaired) electrons. The molecule has 1 saturated carbocycles. The molecule has 2 atom stereocenters. The molecule has 9 heteroatoms. The third-order valence-corrected chi connectivity index (χ3v) is 3.71. The van der Waals surface area contributed by atoms with E-state index in [0.29, 0.717) is 0 Å². The van der Waals surface area contributed by atoms with Gasteiger partial charge in [0.2, 0.25) is 0 Å². The molecule has 1 aliphatic rings. The SMILES string of the molecule is CCOC(=O)c1nc(Br)n([C@H]2CC2C(F)(F)F)c1Cl. The lowest BCUT2D eigenvalue weighted by Gasteiger charge is -2.08. The Kier molecular flexibility index (Phi) is 3.83. The van der Waals surface area contributed by atoms with Gasteiger partial charge in [0.05, 0.1) is 12.5 Å². The zero-order valence-electron chi connectivity index (χ0n) is 9.67. The van der Waals surface area contributed by atoms with Crippen LogP contribution in [0.15, 0.2) is 4.73 Å². The summed E-state index contributed by atoms with van der Waals surface area (Å²) in [6.07, 6.45) is -4.34. The Hall–Kier alpha value is -0.760. The molecule has 0 aliphatic heterocycles. The summed E-state index contributed by atoms with van der Waals surface area (Å²) in [7, 11) is 0. The maximum Gasteiger partial charge on any atom is 0.393 e. The first-order valence-corrected chi connectivity index (χ1v) is 6.61. The van der Waals surface area contributed by atoms with Crippen LogP contribution in [-0.4, -0.2) is 28.3 Å². The van der Waals surface area contributed by atoms with Crippen molar-refractivity contribution in [1.29, 1.82) is 0 Å². The molecule has 1 aromatic rings. The minimum Gasteiger partial charge on any atom is -0.461 e. The summed E-state index contributed by atoms with van der Waals surface area (Å²) in [5, 5.41) is -0.137. The van der Waals surface area contributed by atoms with Crippen LogP contribution in [0.3, 0.4) is 0 Å². The fourth-order valence-corrected chi connectivity index (χ4v) is 2.86. The second-order valence-electron chi connectivity index (χ2n) is 4.06. The second-order valence-corrected chi connectivity index (χ2v) is 5.13. The lowest BCUT2D eigenvalue weighted by molar-refractivity contribution is -0.150. The van der Waals surface area contributed by atoms with E-state index in [4.69, 9.17) is 16.3 Å². The highest BCUT2D eigenvalue weighted by Gasteiger charge is 2.57. The number of hydrogen-bond donors (Lipinski definition) is 0. The predicted octanol–water partition coefficient (Wildman–Crippen LogP) is 3.60. The lowest BCUT2D eigenvalue weighted by Crippen LogP contribution is -2.13. The zero-order chi connectivity index (χ0) is 14.4. The van der Waals surface area contributed by atoms with Crippen molar-refractivity contribution in [2.75, 3.05) is 6.61 Å². The second kappa shape index (κ2) is 4.97. The number of carbonyl (C=O) groups excluding carboxylic acids is 1. The molecule has 0 amide bonds. The van der Waals surface area contributed by atoms with E-state index in [0.717, 1.165) is 0 Å². The number of ether oxygens (including phenoxy) is 1. The molecule has 1 aromatic heterocycles. The van der Waals surface area contributed by atoms with Gasteiger partial charge in [-0.2, -0.15) is 13.2 Å². The molecule has 0 spiro atoms. The molecular formula is C10H9BrClF3N2O2. The van der Waals surface area contributed by atoms with Crippen LogP contribution < -0.4 is 0 Å². The monoisotopic (exact) mass is 360 g/mol. The molecule has 0 N–H and O–H groups in total. The molecule has 4 nitrogen and oxygen atoms in total. The van der Waals surface area contributed by atoms with Crippen molar-refractivity contribution in [3.63, 3.8) is 0 Å². The smallest absolute Gasteiger partial charge is 0.393 e. The van der Waals surface area contributed by atoms with Gasteiger partial charge >= 0.3 is 12.1 Å². The van der Waals surface area contributed by atoms with Crippen LogP contribution in [0.4, 0.5) is 13.2 Å². The van der Waals surface area contributed by atoms with E-state index < -0.39 is 24.1 Å². The Balaban J connectivity index is 2.27. The highest BCUT2D eigenvalue weighted by atomic mass is 79.9. The molecule has 19 heavy (non-hydrogen) atoms. The molecule has 1 heterocycles. The van der Waals surface area contributed by atoms with E-state index in [1.54, 1.807) is 6.92 Å². The van der Waals surface area contributed by atoms with Crippen molar-refractivity contribution < 1.29 is 22.7 Å². The van der Waals surface area contributed by atoms with E-state index in [2.05, 4.69) is 20.9 Å². The van der Waals surface area contributed by atoms with Crippen LogP contribution in [-0.2, 0) is 4.74 Å². The Morgan fingerprint density at radius 2 is 2.26 bits per heavy atom. The maximum absolute atomic E-state index is 12.5. The third kappa shape index (κ3) is 2.74. The standard InChI is InChI=1S/C10H9BrClF3N2O2/c1-2-19-8(18)6-7(12)17(9(11)16-6)5-3-4(5)10(13,14)15/h4-5H,2-3H2,1H3/t4?,5-/m0/s1. The first kappa shape index (κ1) is 14.6. The normalized spacial score (nSPS) is 22.4. The largest absolute Gasteiger partial charge is 0.461 e. The maximum atomic E-state index is 12.5. The van der Waals surface area contributed by atoms with Crippen LogP contribution in [0.1, 0.15) is 29.9 Å². The van der Waals surface area contributed by atoms with Crippen LogP contribution >= 0.6 is 27.5 Å². The highest BCUT2D eigenvalue weighted by molar-refractivity contribution is 9.10. The topological polar surface area (TPSA) is 44.1 Å². The summed E-state index contributed by atoms with van der Waals surface area (Å²) in [6.45, 7) is 1.74. The lowest BCUT2D eigenvalue weighted by atomic mass is 10.4. The first-order chi connectivity index (χ1) is 8.77. The molecule has 106 valence electrons. The number of imidazole rings is 1. The fourth-order valence-electron chi connectivity index (χ4n) is 1.82. The molecule has 1 unspecified atom stereocenters. The predicted molar refractivity (Wildman–Crippen MR) is 64.1 cm³/mol. The summed E-state index contributed by atoms with van der Waals surface area (Å²) in [5.41, 5.74) is -0.178. The van der Waals surface area contributed by atoms with Crippen molar-refractivity contribution in [1.82, 2.24) is 9.55 Å². The van der Waals surface area contributed by atoms with Gasteiger partial charge < -0.3 is 9.30 Å². The number of esters is 1. The van der Waals surface area contributed by atoms with Gasteiger partial charge in [-0.15, -0.1) is 0 Å². The van der Waals surface area contributed by atoms with E-state index in [-0.39, 0.29) is 28.6 Å². The zero-order valence-corrected chi connectivity index (χ0v) is 12.0. The number of carbonyl (C=O) groups is 1. The molecule has 1 fully saturated rings. The van der Waals surface area contributed by atoms with Crippen LogP contribution in [0, 0.1) is 5.92 Å². The van der Waals surface area contributed by atoms with Gasteiger partial charge in [-0.3, -0.25) is 0 Å². The van der Waals surface area contributed by atoms with Gasteiger partial charge in [0.15, 0.2) is 10.4 Å². The van der Waals surface area contributed by atoms with Gasteiger partial charge in [0.25, 0.3) is 0 Å². The van der Waals surface area contributed by atoms with Gasteiger partial charge in [0.1, 0.15) is 5.15 Å². The van der Waals surface area contributed by atoms with E-state index in [9.17, 15) is 18.0 Å². The van der Waals surface area contributed by atoms with Crippen molar-refractivity contribution in [2.45, 2.75) is 25.6 Å². The molecule has 0 aromatic carbocycles. The quantitative estimate of drug-likeness (QED) is 0.773.